The van der Waals surface area contributed by atoms with Gasteiger partial charge in [-0.1, -0.05) is 30.3 Å². The summed E-state index contributed by atoms with van der Waals surface area (Å²) < 4.78 is 1.65. The van der Waals surface area contributed by atoms with E-state index >= 15 is 0 Å². The number of nitrogens with zero attached hydrogens (tertiary/aromatic N) is 3. The van der Waals surface area contributed by atoms with E-state index in [0.29, 0.717) is 13.0 Å². The molecule has 0 saturated heterocycles. The van der Waals surface area contributed by atoms with Crippen molar-refractivity contribution < 1.29 is 4.79 Å². The molecule has 1 N–H and O–H groups in total. The first-order valence-corrected chi connectivity index (χ1v) is 5.92. The van der Waals surface area contributed by atoms with Gasteiger partial charge in [-0.05, 0) is 12.5 Å². The fourth-order valence-electron chi connectivity index (χ4n) is 1.70. The molecule has 0 spiro atoms. The molecule has 1 atom stereocenters. The second-order valence-electron chi connectivity index (χ2n) is 4.11. The summed E-state index contributed by atoms with van der Waals surface area (Å²) in [7, 11) is 0. The molecule has 94 valence electrons. The van der Waals surface area contributed by atoms with E-state index in [1.165, 1.54) is 6.33 Å². The topological polar surface area (TPSA) is 59.8 Å². The lowest BCUT2D eigenvalue weighted by atomic mass is 10.1. The van der Waals surface area contributed by atoms with Gasteiger partial charge in [0.1, 0.15) is 12.7 Å². The summed E-state index contributed by atoms with van der Waals surface area (Å²) >= 11 is 0. The van der Waals surface area contributed by atoms with Crippen LogP contribution in [0.1, 0.15) is 24.9 Å². The van der Waals surface area contributed by atoms with Crippen molar-refractivity contribution >= 4 is 5.91 Å². The third-order valence-corrected chi connectivity index (χ3v) is 2.71. The molecule has 1 aromatic carbocycles. The van der Waals surface area contributed by atoms with Crippen molar-refractivity contribution in [3.8, 4) is 0 Å². The number of hydrogen-bond acceptors (Lipinski definition) is 3. The maximum atomic E-state index is 11.7. The highest BCUT2D eigenvalue weighted by Gasteiger charge is 2.08. The monoisotopic (exact) mass is 244 g/mol. The van der Waals surface area contributed by atoms with Crippen LogP contribution in [0.2, 0.25) is 0 Å². The van der Waals surface area contributed by atoms with E-state index in [0.717, 1.165) is 5.56 Å². The minimum Gasteiger partial charge on any atom is -0.350 e. The van der Waals surface area contributed by atoms with Crippen LogP contribution in [0.5, 0.6) is 0 Å². The SMILES string of the molecule is C[C@@H](NC(=O)CCn1cncn1)c1ccccc1. The Labute approximate surface area is 106 Å². The highest BCUT2D eigenvalue weighted by atomic mass is 16.1. The van der Waals surface area contributed by atoms with E-state index in [1.54, 1.807) is 11.0 Å². The van der Waals surface area contributed by atoms with Gasteiger partial charge in [0.05, 0.1) is 12.6 Å². The van der Waals surface area contributed by atoms with Crippen LogP contribution < -0.4 is 5.32 Å². The molecule has 0 unspecified atom stereocenters. The Hall–Kier alpha value is -2.17. The summed E-state index contributed by atoms with van der Waals surface area (Å²) in [4.78, 5) is 15.6. The summed E-state index contributed by atoms with van der Waals surface area (Å²) in [5.74, 6) is 0.0156. The largest absolute Gasteiger partial charge is 0.350 e. The molecule has 18 heavy (non-hydrogen) atoms. The zero-order valence-electron chi connectivity index (χ0n) is 10.3. The number of aryl methyl sites for hydroxylation is 1. The lowest BCUT2D eigenvalue weighted by Crippen LogP contribution is -2.27. The van der Waals surface area contributed by atoms with Gasteiger partial charge >= 0.3 is 0 Å². The van der Waals surface area contributed by atoms with Crippen molar-refractivity contribution in [2.24, 2.45) is 0 Å². The van der Waals surface area contributed by atoms with E-state index < -0.39 is 0 Å². The number of carbonyl (C=O) groups is 1. The van der Waals surface area contributed by atoms with Gasteiger partial charge < -0.3 is 5.32 Å². The third kappa shape index (κ3) is 3.41. The average Bonchev–Trinajstić information content (AvgIpc) is 2.90. The Kier molecular flexibility index (Phi) is 4.06. The molecule has 1 aromatic heterocycles. The molecule has 2 aromatic rings. The number of amides is 1. The van der Waals surface area contributed by atoms with Crippen molar-refractivity contribution in [2.75, 3.05) is 0 Å². The second-order valence-corrected chi connectivity index (χ2v) is 4.11. The van der Waals surface area contributed by atoms with Crippen LogP contribution in [-0.2, 0) is 11.3 Å². The molecule has 2 rings (SSSR count). The molecule has 0 bridgehead atoms. The smallest absolute Gasteiger partial charge is 0.222 e. The maximum Gasteiger partial charge on any atom is 0.222 e. The number of rotatable bonds is 5. The van der Waals surface area contributed by atoms with Gasteiger partial charge in [-0.25, -0.2) is 4.98 Å². The maximum absolute atomic E-state index is 11.7. The van der Waals surface area contributed by atoms with Crippen LogP contribution in [0, 0.1) is 0 Å². The number of aromatic nitrogens is 3. The third-order valence-electron chi connectivity index (χ3n) is 2.71. The lowest BCUT2D eigenvalue weighted by molar-refractivity contribution is -0.122. The first kappa shape index (κ1) is 12.3. The van der Waals surface area contributed by atoms with E-state index in [4.69, 9.17) is 0 Å². The van der Waals surface area contributed by atoms with Crippen LogP contribution in [0.4, 0.5) is 0 Å². The molecule has 0 radical (unpaired) electrons. The number of nitrogens with one attached hydrogen (secondary N) is 1. The average molecular weight is 244 g/mol. The fraction of sp³-hybridized carbons (Fsp3) is 0.308. The summed E-state index contributed by atoms with van der Waals surface area (Å²) in [5, 5.41) is 6.91. The number of hydrogen-bond donors (Lipinski definition) is 1. The highest BCUT2D eigenvalue weighted by Crippen LogP contribution is 2.11. The molecule has 1 heterocycles. The zero-order chi connectivity index (χ0) is 12.8. The van der Waals surface area contributed by atoms with Gasteiger partial charge in [0.2, 0.25) is 5.91 Å². The number of carbonyl (C=O) groups excluding carboxylic acids is 1. The lowest BCUT2D eigenvalue weighted by Gasteiger charge is -2.14. The van der Waals surface area contributed by atoms with Crippen molar-refractivity contribution in [3.05, 3.63) is 48.5 Å². The van der Waals surface area contributed by atoms with Gasteiger partial charge in [0, 0.05) is 6.42 Å². The molecule has 5 heteroatoms. The first-order chi connectivity index (χ1) is 8.75. The van der Waals surface area contributed by atoms with E-state index in [-0.39, 0.29) is 11.9 Å². The van der Waals surface area contributed by atoms with Gasteiger partial charge in [0.15, 0.2) is 0 Å². The predicted octanol–water partition coefficient (Wildman–Crippen LogP) is 1.55. The standard InChI is InChI=1S/C13H16N4O/c1-11(12-5-3-2-4-6-12)16-13(18)7-8-17-10-14-9-15-17/h2-6,9-11H,7-8H2,1H3,(H,16,18)/t11-/m1/s1. The van der Waals surface area contributed by atoms with Crippen LogP contribution in [0.15, 0.2) is 43.0 Å². The molecule has 0 fully saturated rings. The highest BCUT2D eigenvalue weighted by molar-refractivity contribution is 5.76. The summed E-state index contributed by atoms with van der Waals surface area (Å²) in [5.41, 5.74) is 1.10. The van der Waals surface area contributed by atoms with Crippen molar-refractivity contribution in [2.45, 2.75) is 25.9 Å². The Morgan fingerprint density at radius 1 is 1.39 bits per heavy atom. The first-order valence-electron chi connectivity index (χ1n) is 5.92. The molecule has 0 aliphatic rings. The summed E-state index contributed by atoms with van der Waals surface area (Å²) in [6.07, 6.45) is 3.47. The predicted molar refractivity (Wildman–Crippen MR) is 67.6 cm³/mol. The second kappa shape index (κ2) is 5.95. The molecule has 0 aliphatic carbocycles. The fourth-order valence-corrected chi connectivity index (χ4v) is 1.70. The van der Waals surface area contributed by atoms with E-state index in [1.807, 2.05) is 37.3 Å². The minimum absolute atomic E-state index is 0.0156. The minimum atomic E-state index is 0.0156. The van der Waals surface area contributed by atoms with Crippen LogP contribution in [0.3, 0.4) is 0 Å². The zero-order valence-corrected chi connectivity index (χ0v) is 10.3. The Morgan fingerprint density at radius 2 is 2.17 bits per heavy atom. The van der Waals surface area contributed by atoms with Gasteiger partial charge in [-0.3, -0.25) is 9.48 Å². The Bertz CT molecular complexity index is 481. The van der Waals surface area contributed by atoms with Crippen molar-refractivity contribution in [1.82, 2.24) is 20.1 Å². The Morgan fingerprint density at radius 3 is 2.83 bits per heavy atom. The van der Waals surface area contributed by atoms with Gasteiger partial charge in [-0.2, -0.15) is 5.10 Å². The summed E-state index contributed by atoms with van der Waals surface area (Å²) in [6.45, 7) is 2.52. The molecule has 0 saturated carbocycles. The Balaban J connectivity index is 1.80. The van der Waals surface area contributed by atoms with E-state index in [2.05, 4.69) is 15.4 Å². The molecule has 5 nitrogen and oxygen atoms in total. The van der Waals surface area contributed by atoms with E-state index in [9.17, 15) is 4.79 Å². The van der Waals surface area contributed by atoms with Crippen LogP contribution >= 0.6 is 0 Å². The normalized spacial score (nSPS) is 12.1. The molecule has 1 amide bonds. The molecular formula is C13H16N4O. The number of benzene rings is 1. The van der Waals surface area contributed by atoms with Crippen molar-refractivity contribution in [3.63, 3.8) is 0 Å². The molecular weight excluding hydrogens is 228 g/mol. The summed E-state index contributed by atoms with van der Waals surface area (Å²) in [6, 6.07) is 9.92. The van der Waals surface area contributed by atoms with Crippen LogP contribution in [-0.4, -0.2) is 20.7 Å². The van der Waals surface area contributed by atoms with Crippen LogP contribution in [0.25, 0.3) is 0 Å². The van der Waals surface area contributed by atoms with Gasteiger partial charge in [0.25, 0.3) is 0 Å². The van der Waals surface area contributed by atoms with Gasteiger partial charge in [-0.15, -0.1) is 0 Å². The quantitative estimate of drug-likeness (QED) is 0.868. The molecule has 0 aliphatic heterocycles. The van der Waals surface area contributed by atoms with Crippen molar-refractivity contribution in [1.29, 1.82) is 0 Å².